The Kier molecular flexibility index (Phi) is 7.21. The van der Waals surface area contributed by atoms with E-state index in [1.807, 2.05) is 12.4 Å². The van der Waals surface area contributed by atoms with E-state index in [-0.39, 0.29) is 0 Å². The molecule has 0 radical (unpaired) electrons. The fraction of sp³-hybridized carbons (Fsp3) is 0. The Labute approximate surface area is 320 Å². The third-order valence-electron chi connectivity index (χ3n) is 11.3. The second-order valence-corrected chi connectivity index (χ2v) is 14.3. The van der Waals surface area contributed by atoms with E-state index in [1.54, 1.807) is 0 Å². The van der Waals surface area contributed by atoms with Crippen molar-refractivity contribution in [2.45, 2.75) is 0 Å². The SMILES string of the molecule is c1ccc(-c2c3c(c(-c4ccccc4)c4ccccc24)-c2ccc(-c4ccc(N(c5ccccc5)c5ccc6cnccc6c5)cc4)c4cccc-3c24)cc1. The van der Waals surface area contributed by atoms with Crippen molar-refractivity contribution in [3.63, 3.8) is 0 Å². The Bertz CT molecular complexity index is 2970. The number of benzene rings is 9. The highest BCUT2D eigenvalue weighted by Crippen LogP contribution is 2.58. The van der Waals surface area contributed by atoms with Crippen LogP contribution in [-0.2, 0) is 0 Å². The van der Waals surface area contributed by atoms with Gasteiger partial charge in [-0.25, -0.2) is 0 Å². The first kappa shape index (κ1) is 31.3. The van der Waals surface area contributed by atoms with Gasteiger partial charge in [0.1, 0.15) is 0 Å². The number of hydrogen-bond donors (Lipinski definition) is 0. The Hall–Kier alpha value is -7.29. The third-order valence-corrected chi connectivity index (χ3v) is 11.3. The van der Waals surface area contributed by atoms with Crippen LogP contribution >= 0.6 is 0 Å². The normalized spacial score (nSPS) is 11.6. The molecule has 1 heterocycles. The summed E-state index contributed by atoms with van der Waals surface area (Å²) in [6, 6.07) is 70.7. The Morgan fingerprint density at radius 2 is 0.873 bits per heavy atom. The van der Waals surface area contributed by atoms with Crippen molar-refractivity contribution in [2.75, 3.05) is 4.90 Å². The monoisotopic (exact) mass is 698 g/mol. The van der Waals surface area contributed by atoms with E-state index in [1.165, 1.54) is 77.2 Å². The van der Waals surface area contributed by atoms with Crippen molar-refractivity contribution in [3.8, 4) is 55.6 Å². The maximum absolute atomic E-state index is 4.33. The fourth-order valence-electron chi connectivity index (χ4n) is 8.89. The summed E-state index contributed by atoms with van der Waals surface area (Å²) in [6.45, 7) is 0. The van der Waals surface area contributed by atoms with Crippen molar-refractivity contribution in [1.29, 1.82) is 0 Å². The smallest absolute Gasteiger partial charge is 0.0468 e. The highest BCUT2D eigenvalue weighted by molar-refractivity contribution is 6.28. The minimum Gasteiger partial charge on any atom is -0.310 e. The minimum absolute atomic E-state index is 1.10. The molecule has 0 amide bonds. The molecule has 1 aliphatic carbocycles. The quantitative estimate of drug-likeness (QED) is 0.172. The van der Waals surface area contributed by atoms with Crippen molar-refractivity contribution >= 4 is 49.4 Å². The first-order chi connectivity index (χ1) is 27.3. The van der Waals surface area contributed by atoms with Crippen LogP contribution in [0, 0.1) is 0 Å². The first-order valence-electron chi connectivity index (χ1n) is 18.9. The number of para-hydroxylation sites is 1. The van der Waals surface area contributed by atoms with Crippen LogP contribution < -0.4 is 4.90 Å². The van der Waals surface area contributed by atoms with E-state index in [0.717, 1.165) is 27.8 Å². The molecule has 0 N–H and O–H groups in total. The fourth-order valence-corrected chi connectivity index (χ4v) is 8.89. The lowest BCUT2D eigenvalue weighted by Crippen LogP contribution is -2.09. The molecule has 1 aromatic heterocycles. The lowest BCUT2D eigenvalue weighted by molar-refractivity contribution is 1.29. The second kappa shape index (κ2) is 12.7. The lowest BCUT2D eigenvalue weighted by Gasteiger charge is -2.26. The summed E-state index contributed by atoms with van der Waals surface area (Å²) >= 11 is 0. The van der Waals surface area contributed by atoms with Gasteiger partial charge in [-0.2, -0.15) is 0 Å². The number of pyridine rings is 1. The van der Waals surface area contributed by atoms with Gasteiger partial charge in [0.05, 0.1) is 0 Å². The predicted molar refractivity (Wildman–Crippen MR) is 232 cm³/mol. The summed E-state index contributed by atoms with van der Waals surface area (Å²) in [5.74, 6) is 0. The maximum Gasteiger partial charge on any atom is 0.0468 e. The van der Waals surface area contributed by atoms with Crippen LogP contribution in [-0.4, -0.2) is 4.98 Å². The van der Waals surface area contributed by atoms with Crippen LogP contribution in [0.1, 0.15) is 0 Å². The number of aromatic nitrogens is 1. The molecule has 0 spiro atoms. The van der Waals surface area contributed by atoms with Gasteiger partial charge in [0.2, 0.25) is 0 Å². The van der Waals surface area contributed by atoms with Crippen LogP contribution in [0.3, 0.4) is 0 Å². The summed E-state index contributed by atoms with van der Waals surface area (Å²) in [5, 5.41) is 7.43. The van der Waals surface area contributed by atoms with Crippen LogP contribution in [0.2, 0.25) is 0 Å². The van der Waals surface area contributed by atoms with E-state index in [4.69, 9.17) is 0 Å². The van der Waals surface area contributed by atoms with Crippen LogP contribution in [0.5, 0.6) is 0 Å². The van der Waals surface area contributed by atoms with E-state index < -0.39 is 0 Å². The predicted octanol–water partition coefficient (Wildman–Crippen LogP) is 14.7. The highest BCUT2D eigenvalue weighted by atomic mass is 15.1. The average Bonchev–Trinajstić information content (AvgIpc) is 3.59. The molecule has 2 nitrogen and oxygen atoms in total. The van der Waals surface area contributed by atoms with Gasteiger partial charge >= 0.3 is 0 Å². The van der Waals surface area contributed by atoms with E-state index in [2.05, 4.69) is 204 Å². The molecule has 1 aliphatic rings. The topological polar surface area (TPSA) is 16.1 Å². The maximum atomic E-state index is 4.33. The van der Waals surface area contributed by atoms with Crippen LogP contribution in [0.15, 0.2) is 207 Å². The zero-order chi connectivity index (χ0) is 36.3. The number of rotatable bonds is 6. The Morgan fingerprint density at radius 1 is 0.327 bits per heavy atom. The van der Waals surface area contributed by atoms with Gasteiger partial charge in [-0.3, -0.25) is 4.98 Å². The van der Waals surface area contributed by atoms with Crippen LogP contribution in [0.25, 0.3) is 88.0 Å². The molecule has 55 heavy (non-hydrogen) atoms. The summed E-state index contributed by atoms with van der Waals surface area (Å²) in [5.41, 5.74) is 16.1. The highest BCUT2D eigenvalue weighted by Gasteiger charge is 2.31. The van der Waals surface area contributed by atoms with E-state index in [0.29, 0.717) is 0 Å². The van der Waals surface area contributed by atoms with Crippen LogP contribution in [0.4, 0.5) is 17.1 Å². The standard InChI is InChI=1S/C53H34N2/c1-4-13-36(14-5-1)49-45-19-10-11-20-46(45)50(37-15-6-2-7-16-37)53-48-30-29-43(44-21-12-22-47(51(44)48)52(49)53)35-23-26-41(27-24-35)55(40-17-8-3-9-18-40)42-28-25-39-34-54-32-31-38(39)33-42/h1-34H. The molecule has 0 atom stereocenters. The largest absolute Gasteiger partial charge is 0.310 e. The number of anilines is 3. The number of hydrogen-bond acceptors (Lipinski definition) is 2. The van der Waals surface area contributed by atoms with Crippen molar-refractivity contribution < 1.29 is 0 Å². The van der Waals surface area contributed by atoms with Crippen molar-refractivity contribution in [3.05, 3.63) is 207 Å². The van der Waals surface area contributed by atoms with Gasteiger partial charge in [-0.05, 0) is 125 Å². The van der Waals surface area contributed by atoms with Gasteiger partial charge in [0, 0.05) is 34.8 Å². The molecule has 0 saturated carbocycles. The summed E-state index contributed by atoms with van der Waals surface area (Å²) < 4.78 is 0. The van der Waals surface area contributed by atoms with Gasteiger partial charge in [0.25, 0.3) is 0 Å². The molecule has 9 aromatic carbocycles. The van der Waals surface area contributed by atoms with Gasteiger partial charge in [-0.15, -0.1) is 0 Å². The molecule has 0 unspecified atom stereocenters. The van der Waals surface area contributed by atoms with Crippen molar-refractivity contribution in [1.82, 2.24) is 4.98 Å². The molecule has 0 aliphatic heterocycles. The molecule has 11 rings (SSSR count). The number of fused-ring (bicyclic) bond motifs is 5. The molecular weight excluding hydrogens is 665 g/mol. The molecule has 0 fully saturated rings. The van der Waals surface area contributed by atoms with Gasteiger partial charge in [-0.1, -0.05) is 152 Å². The average molecular weight is 699 g/mol. The molecule has 2 heteroatoms. The summed E-state index contributed by atoms with van der Waals surface area (Å²) in [4.78, 5) is 6.65. The molecule has 0 bridgehead atoms. The number of nitrogens with zero attached hydrogens (tertiary/aromatic N) is 2. The summed E-state index contributed by atoms with van der Waals surface area (Å²) in [7, 11) is 0. The zero-order valence-corrected chi connectivity index (χ0v) is 30.0. The Balaban J connectivity index is 1.10. The zero-order valence-electron chi connectivity index (χ0n) is 30.0. The van der Waals surface area contributed by atoms with Crippen molar-refractivity contribution in [2.24, 2.45) is 0 Å². The minimum atomic E-state index is 1.10. The Morgan fingerprint density at radius 3 is 1.55 bits per heavy atom. The lowest BCUT2D eigenvalue weighted by atomic mass is 9.82. The molecular formula is C53H34N2. The first-order valence-corrected chi connectivity index (χ1v) is 18.9. The molecule has 0 saturated heterocycles. The molecule has 10 aromatic rings. The second-order valence-electron chi connectivity index (χ2n) is 14.3. The van der Waals surface area contributed by atoms with Gasteiger partial charge in [0.15, 0.2) is 0 Å². The molecule has 256 valence electrons. The van der Waals surface area contributed by atoms with E-state index in [9.17, 15) is 0 Å². The summed E-state index contributed by atoms with van der Waals surface area (Å²) in [6.07, 6.45) is 3.78. The third kappa shape index (κ3) is 5.00. The van der Waals surface area contributed by atoms with Gasteiger partial charge < -0.3 is 4.90 Å². The van der Waals surface area contributed by atoms with E-state index >= 15 is 0 Å².